The highest BCUT2D eigenvalue weighted by molar-refractivity contribution is 9.10. The first-order valence-corrected chi connectivity index (χ1v) is 7.04. The van der Waals surface area contributed by atoms with Gasteiger partial charge in [0.15, 0.2) is 5.75 Å². The standard InChI is InChI=1S/C15H15BrFNO2/c1-2-6-19-13-4-3-5-14(15(13)18)20-12-8-10(16)7-11(17)9-12/h3-5,7-9H,2,6,18H2,1H3. The van der Waals surface area contributed by atoms with E-state index in [2.05, 4.69) is 15.9 Å². The van der Waals surface area contributed by atoms with Gasteiger partial charge < -0.3 is 15.2 Å². The van der Waals surface area contributed by atoms with Gasteiger partial charge in [-0.2, -0.15) is 0 Å². The van der Waals surface area contributed by atoms with Gasteiger partial charge in [0, 0.05) is 10.5 Å². The van der Waals surface area contributed by atoms with Gasteiger partial charge in [0.1, 0.15) is 23.0 Å². The van der Waals surface area contributed by atoms with E-state index in [1.807, 2.05) is 6.92 Å². The molecule has 0 aliphatic carbocycles. The van der Waals surface area contributed by atoms with Crippen molar-refractivity contribution in [1.29, 1.82) is 0 Å². The average Bonchev–Trinajstić information content (AvgIpc) is 2.38. The summed E-state index contributed by atoms with van der Waals surface area (Å²) in [6.45, 7) is 2.60. The van der Waals surface area contributed by atoms with Crippen LogP contribution >= 0.6 is 15.9 Å². The van der Waals surface area contributed by atoms with Crippen LogP contribution < -0.4 is 15.2 Å². The monoisotopic (exact) mass is 339 g/mol. The molecule has 0 heterocycles. The lowest BCUT2D eigenvalue weighted by atomic mass is 10.2. The summed E-state index contributed by atoms with van der Waals surface area (Å²) in [5.41, 5.74) is 6.40. The van der Waals surface area contributed by atoms with E-state index in [1.54, 1.807) is 24.3 Å². The Morgan fingerprint density at radius 1 is 1.20 bits per heavy atom. The van der Waals surface area contributed by atoms with Crippen LogP contribution in [-0.2, 0) is 0 Å². The Kier molecular flexibility index (Phi) is 4.84. The summed E-state index contributed by atoms with van der Waals surface area (Å²) >= 11 is 3.22. The second-order valence-electron chi connectivity index (χ2n) is 4.22. The van der Waals surface area contributed by atoms with E-state index in [-0.39, 0.29) is 5.82 Å². The number of anilines is 1. The van der Waals surface area contributed by atoms with Gasteiger partial charge in [-0.25, -0.2) is 4.39 Å². The zero-order valence-electron chi connectivity index (χ0n) is 11.0. The summed E-state index contributed by atoms with van der Waals surface area (Å²) in [6.07, 6.45) is 0.890. The quantitative estimate of drug-likeness (QED) is 0.799. The molecular weight excluding hydrogens is 325 g/mol. The van der Waals surface area contributed by atoms with Gasteiger partial charge in [-0.3, -0.25) is 0 Å². The fraction of sp³-hybridized carbons (Fsp3) is 0.200. The van der Waals surface area contributed by atoms with Crippen LogP contribution in [0.25, 0.3) is 0 Å². The van der Waals surface area contributed by atoms with Crippen molar-refractivity contribution in [2.45, 2.75) is 13.3 Å². The molecule has 3 nitrogen and oxygen atoms in total. The van der Waals surface area contributed by atoms with Crippen LogP contribution in [0.2, 0.25) is 0 Å². The molecule has 2 aromatic carbocycles. The molecule has 0 saturated heterocycles. The zero-order chi connectivity index (χ0) is 14.5. The van der Waals surface area contributed by atoms with Crippen molar-refractivity contribution in [2.75, 3.05) is 12.3 Å². The minimum Gasteiger partial charge on any atom is -0.491 e. The first-order chi connectivity index (χ1) is 9.60. The number of ether oxygens (including phenoxy) is 2. The molecule has 2 rings (SSSR count). The van der Waals surface area contributed by atoms with Crippen molar-refractivity contribution < 1.29 is 13.9 Å². The summed E-state index contributed by atoms with van der Waals surface area (Å²) in [7, 11) is 0. The summed E-state index contributed by atoms with van der Waals surface area (Å²) in [6, 6.07) is 9.60. The molecule has 20 heavy (non-hydrogen) atoms. The third-order valence-corrected chi connectivity index (χ3v) is 3.01. The number of benzene rings is 2. The first kappa shape index (κ1) is 14.7. The van der Waals surface area contributed by atoms with E-state index < -0.39 is 0 Å². The average molecular weight is 340 g/mol. The van der Waals surface area contributed by atoms with Gasteiger partial charge in [-0.15, -0.1) is 0 Å². The fourth-order valence-corrected chi connectivity index (χ4v) is 2.11. The van der Waals surface area contributed by atoms with Crippen molar-refractivity contribution in [3.8, 4) is 17.2 Å². The lowest BCUT2D eigenvalue weighted by Crippen LogP contribution is -2.00. The predicted molar refractivity (Wildman–Crippen MR) is 80.8 cm³/mol. The fourth-order valence-electron chi connectivity index (χ4n) is 1.67. The van der Waals surface area contributed by atoms with Crippen LogP contribution in [0.3, 0.4) is 0 Å². The van der Waals surface area contributed by atoms with Crippen molar-refractivity contribution in [3.05, 3.63) is 46.7 Å². The summed E-state index contributed by atoms with van der Waals surface area (Å²) in [4.78, 5) is 0. The Morgan fingerprint density at radius 3 is 2.65 bits per heavy atom. The molecule has 0 radical (unpaired) electrons. The zero-order valence-corrected chi connectivity index (χ0v) is 12.6. The molecule has 0 aliphatic rings. The minimum absolute atomic E-state index is 0.371. The highest BCUT2D eigenvalue weighted by Crippen LogP contribution is 2.35. The summed E-state index contributed by atoms with van der Waals surface area (Å²) < 4.78 is 25.1. The predicted octanol–water partition coefficient (Wildman–Crippen LogP) is 4.75. The number of nitrogen functional groups attached to an aromatic ring is 1. The van der Waals surface area contributed by atoms with Crippen LogP contribution in [0.1, 0.15) is 13.3 Å². The number of nitrogens with two attached hydrogens (primary N) is 1. The topological polar surface area (TPSA) is 44.5 Å². The van der Waals surface area contributed by atoms with E-state index >= 15 is 0 Å². The van der Waals surface area contributed by atoms with Crippen LogP contribution in [0.15, 0.2) is 40.9 Å². The molecule has 0 bridgehead atoms. The Balaban J connectivity index is 2.24. The van der Waals surface area contributed by atoms with Crippen LogP contribution in [0.5, 0.6) is 17.2 Å². The maximum Gasteiger partial charge on any atom is 0.154 e. The maximum absolute atomic E-state index is 13.3. The van der Waals surface area contributed by atoms with Crippen LogP contribution in [0, 0.1) is 5.82 Å². The molecular formula is C15H15BrFNO2. The molecule has 2 aromatic rings. The number of halogens is 2. The van der Waals surface area contributed by atoms with Gasteiger partial charge in [-0.1, -0.05) is 28.9 Å². The molecule has 0 amide bonds. The van der Waals surface area contributed by atoms with E-state index in [1.165, 1.54) is 12.1 Å². The van der Waals surface area contributed by atoms with Gasteiger partial charge in [0.2, 0.25) is 0 Å². The highest BCUT2D eigenvalue weighted by Gasteiger charge is 2.09. The minimum atomic E-state index is -0.383. The number of para-hydroxylation sites is 1. The molecule has 0 aliphatic heterocycles. The molecule has 0 aromatic heterocycles. The highest BCUT2D eigenvalue weighted by atomic mass is 79.9. The van der Waals surface area contributed by atoms with Crippen molar-refractivity contribution >= 4 is 21.6 Å². The molecule has 0 fully saturated rings. The van der Waals surface area contributed by atoms with E-state index in [9.17, 15) is 4.39 Å². The van der Waals surface area contributed by atoms with E-state index in [0.717, 1.165) is 6.42 Å². The largest absolute Gasteiger partial charge is 0.491 e. The Hall–Kier alpha value is -1.75. The Labute approximate surface area is 125 Å². The second-order valence-corrected chi connectivity index (χ2v) is 5.14. The normalized spacial score (nSPS) is 10.3. The van der Waals surface area contributed by atoms with Crippen molar-refractivity contribution in [3.63, 3.8) is 0 Å². The maximum atomic E-state index is 13.3. The molecule has 5 heteroatoms. The van der Waals surface area contributed by atoms with Gasteiger partial charge in [0.05, 0.1) is 6.61 Å². The number of hydrogen-bond acceptors (Lipinski definition) is 3. The number of rotatable bonds is 5. The van der Waals surface area contributed by atoms with Crippen LogP contribution in [0.4, 0.5) is 10.1 Å². The van der Waals surface area contributed by atoms with E-state index in [0.29, 0.717) is 34.0 Å². The van der Waals surface area contributed by atoms with Crippen LogP contribution in [-0.4, -0.2) is 6.61 Å². The summed E-state index contributed by atoms with van der Waals surface area (Å²) in [5, 5.41) is 0. The molecule has 0 unspecified atom stereocenters. The number of hydrogen-bond donors (Lipinski definition) is 1. The third-order valence-electron chi connectivity index (χ3n) is 2.55. The lowest BCUT2D eigenvalue weighted by Gasteiger charge is -2.13. The molecule has 0 saturated carbocycles. The van der Waals surface area contributed by atoms with E-state index in [4.69, 9.17) is 15.2 Å². The van der Waals surface area contributed by atoms with Gasteiger partial charge >= 0.3 is 0 Å². The molecule has 106 valence electrons. The van der Waals surface area contributed by atoms with Crippen molar-refractivity contribution in [2.24, 2.45) is 0 Å². The smallest absolute Gasteiger partial charge is 0.154 e. The molecule has 2 N–H and O–H groups in total. The lowest BCUT2D eigenvalue weighted by molar-refractivity contribution is 0.318. The Bertz CT molecular complexity index is 584. The van der Waals surface area contributed by atoms with Crippen molar-refractivity contribution in [1.82, 2.24) is 0 Å². The Morgan fingerprint density at radius 2 is 1.95 bits per heavy atom. The second kappa shape index (κ2) is 6.61. The summed E-state index contributed by atoms with van der Waals surface area (Å²) in [5.74, 6) is 0.999. The molecule has 0 spiro atoms. The van der Waals surface area contributed by atoms with Gasteiger partial charge in [-0.05, 0) is 30.7 Å². The molecule has 0 atom stereocenters. The third kappa shape index (κ3) is 3.63. The van der Waals surface area contributed by atoms with Gasteiger partial charge in [0.25, 0.3) is 0 Å². The SMILES string of the molecule is CCCOc1cccc(Oc2cc(F)cc(Br)c2)c1N. The first-order valence-electron chi connectivity index (χ1n) is 6.25.